The molecule has 2 aliphatic rings. The van der Waals surface area contributed by atoms with Gasteiger partial charge in [0.05, 0.1) is 0 Å². The predicted molar refractivity (Wildman–Crippen MR) is 234 cm³/mol. The molecule has 1 heterocycles. The van der Waals surface area contributed by atoms with Crippen molar-refractivity contribution in [1.29, 1.82) is 0 Å². The second kappa shape index (κ2) is 11.9. The molecule has 0 N–H and O–H groups in total. The Morgan fingerprint density at radius 2 is 0.929 bits per heavy atom. The Bertz CT molecular complexity index is 3030. The van der Waals surface area contributed by atoms with Crippen molar-refractivity contribution in [1.82, 2.24) is 0 Å². The average molecular weight is 720 g/mol. The van der Waals surface area contributed by atoms with Crippen molar-refractivity contribution in [3.63, 3.8) is 0 Å². The highest BCUT2D eigenvalue weighted by molar-refractivity contribution is 6.06. The smallest absolute Gasteiger partial charge is 0.136 e. The van der Waals surface area contributed by atoms with E-state index in [1.165, 1.54) is 55.6 Å². The molecular formula is C54H41NO. The Hall–Kier alpha value is -6.64. The standard InChI is InChI=1S/C54H41NO/c1-53(2)47-20-8-5-15-41(47)43-30-28-39(33-49(43)53)55(38-14-11-13-35(31-38)36-25-29-45-44-17-7-10-22-50(44)56-51(45)32-36)37-26-23-34(24-27-37)40-18-12-19-46-42-16-6-9-21-48(42)54(3,4)52(40)46/h5-33H,1-4H3. The molecule has 2 aliphatic carbocycles. The van der Waals surface area contributed by atoms with Crippen molar-refractivity contribution in [2.24, 2.45) is 0 Å². The van der Waals surface area contributed by atoms with Gasteiger partial charge in [-0.2, -0.15) is 0 Å². The van der Waals surface area contributed by atoms with Crippen LogP contribution in [-0.2, 0) is 10.8 Å². The van der Waals surface area contributed by atoms with E-state index in [0.717, 1.165) is 50.1 Å². The zero-order valence-electron chi connectivity index (χ0n) is 32.1. The molecule has 0 atom stereocenters. The van der Waals surface area contributed by atoms with Crippen LogP contribution in [0, 0.1) is 0 Å². The molecule has 0 spiro atoms. The van der Waals surface area contributed by atoms with Gasteiger partial charge in [0.1, 0.15) is 11.2 Å². The second-order valence-electron chi connectivity index (χ2n) is 16.5. The first-order chi connectivity index (χ1) is 27.3. The lowest BCUT2D eigenvalue weighted by molar-refractivity contribution is 0.660. The average Bonchev–Trinajstić information content (AvgIpc) is 3.81. The molecule has 0 aliphatic heterocycles. The molecule has 8 aromatic carbocycles. The fourth-order valence-corrected chi connectivity index (χ4v) is 9.89. The number of fused-ring (bicyclic) bond motifs is 9. The molecule has 0 saturated carbocycles. The molecule has 0 bridgehead atoms. The number of nitrogens with zero attached hydrogens (tertiary/aromatic N) is 1. The van der Waals surface area contributed by atoms with Crippen molar-refractivity contribution in [2.75, 3.05) is 4.90 Å². The van der Waals surface area contributed by atoms with Gasteiger partial charge in [0.2, 0.25) is 0 Å². The molecule has 0 radical (unpaired) electrons. The molecule has 2 nitrogen and oxygen atoms in total. The van der Waals surface area contributed by atoms with Crippen LogP contribution in [0.5, 0.6) is 0 Å². The molecule has 2 heteroatoms. The van der Waals surface area contributed by atoms with E-state index in [-0.39, 0.29) is 10.8 Å². The van der Waals surface area contributed by atoms with Crippen molar-refractivity contribution >= 4 is 39.0 Å². The normalized spacial score (nSPS) is 14.4. The molecule has 9 aromatic rings. The lowest BCUT2D eigenvalue weighted by Crippen LogP contribution is -2.16. The highest BCUT2D eigenvalue weighted by Gasteiger charge is 2.38. The summed E-state index contributed by atoms with van der Waals surface area (Å²) in [6.45, 7) is 9.44. The lowest BCUT2D eigenvalue weighted by Gasteiger charge is -2.29. The summed E-state index contributed by atoms with van der Waals surface area (Å²) in [7, 11) is 0. The summed E-state index contributed by atoms with van der Waals surface area (Å²) >= 11 is 0. The molecule has 56 heavy (non-hydrogen) atoms. The number of hydrogen-bond acceptors (Lipinski definition) is 2. The highest BCUT2D eigenvalue weighted by Crippen LogP contribution is 2.53. The van der Waals surface area contributed by atoms with Crippen LogP contribution < -0.4 is 4.90 Å². The summed E-state index contributed by atoms with van der Waals surface area (Å²) < 4.78 is 6.32. The van der Waals surface area contributed by atoms with Crippen molar-refractivity contribution in [2.45, 2.75) is 38.5 Å². The van der Waals surface area contributed by atoms with Crippen LogP contribution in [-0.4, -0.2) is 0 Å². The van der Waals surface area contributed by atoms with E-state index < -0.39 is 0 Å². The minimum atomic E-state index is -0.112. The Kier molecular flexibility index (Phi) is 6.98. The fourth-order valence-electron chi connectivity index (χ4n) is 9.89. The summed E-state index contributed by atoms with van der Waals surface area (Å²) in [6.07, 6.45) is 0. The Morgan fingerprint density at radius 1 is 0.357 bits per heavy atom. The number of furan rings is 1. The van der Waals surface area contributed by atoms with Gasteiger partial charge in [-0.1, -0.05) is 149 Å². The van der Waals surface area contributed by atoms with Gasteiger partial charge in [0.25, 0.3) is 0 Å². The van der Waals surface area contributed by atoms with E-state index in [1.807, 2.05) is 12.1 Å². The monoisotopic (exact) mass is 719 g/mol. The van der Waals surface area contributed by atoms with E-state index in [0.29, 0.717) is 0 Å². The molecule has 0 fully saturated rings. The molecule has 0 amide bonds. The molecule has 0 saturated heterocycles. The van der Waals surface area contributed by atoms with Gasteiger partial charge >= 0.3 is 0 Å². The fraction of sp³-hybridized carbons (Fsp3) is 0.111. The minimum Gasteiger partial charge on any atom is -0.456 e. The van der Waals surface area contributed by atoms with Gasteiger partial charge in [-0.3, -0.25) is 0 Å². The summed E-state index contributed by atoms with van der Waals surface area (Å²) in [4.78, 5) is 2.42. The topological polar surface area (TPSA) is 16.4 Å². The third kappa shape index (κ3) is 4.75. The van der Waals surface area contributed by atoms with E-state index in [4.69, 9.17) is 4.42 Å². The summed E-state index contributed by atoms with van der Waals surface area (Å²) in [5.74, 6) is 0. The van der Waals surface area contributed by atoms with Gasteiger partial charge in [0, 0.05) is 38.7 Å². The van der Waals surface area contributed by atoms with Gasteiger partial charge in [-0.25, -0.2) is 0 Å². The first kappa shape index (κ1) is 32.8. The maximum Gasteiger partial charge on any atom is 0.136 e. The first-order valence-corrected chi connectivity index (χ1v) is 19.7. The van der Waals surface area contributed by atoms with Crippen LogP contribution in [0.1, 0.15) is 49.9 Å². The predicted octanol–water partition coefficient (Wildman–Crippen LogP) is 15.0. The van der Waals surface area contributed by atoms with Crippen LogP contribution in [0.25, 0.3) is 66.4 Å². The lowest BCUT2D eigenvalue weighted by atomic mass is 9.79. The van der Waals surface area contributed by atoms with Gasteiger partial charge in [-0.05, 0) is 121 Å². The third-order valence-electron chi connectivity index (χ3n) is 12.7. The van der Waals surface area contributed by atoms with Gasteiger partial charge < -0.3 is 9.32 Å². The number of benzene rings is 8. The molecule has 1 aromatic heterocycles. The van der Waals surface area contributed by atoms with E-state index in [2.05, 4.69) is 196 Å². The summed E-state index contributed by atoms with van der Waals surface area (Å²) in [6, 6.07) is 64.6. The van der Waals surface area contributed by atoms with Crippen molar-refractivity contribution in [3.05, 3.63) is 198 Å². The molecule has 0 unspecified atom stereocenters. The van der Waals surface area contributed by atoms with Crippen molar-refractivity contribution < 1.29 is 4.42 Å². The Labute approximate surface area is 328 Å². The highest BCUT2D eigenvalue weighted by atomic mass is 16.3. The van der Waals surface area contributed by atoms with E-state index in [1.54, 1.807) is 0 Å². The second-order valence-corrected chi connectivity index (χ2v) is 16.5. The summed E-state index contributed by atoms with van der Waals surface area (Å²) in [5.41, 5.74) is 20.6. The largest absolute Gasteiger partial charge is 0.456 e. The van der Waals surface area contributed by atoms with Gasteiger partial charge in [-0.15, -0.1) is 0 Å². The van der Waals surface area contributed by atoms with Crippen LogP contribution in [0.4, 0.5) is 17.1 Å². The molecular weight excluding hydrogens is 679 g/mol. The third-order valence-corrected chi connectivity index (χ3v) is 12.7. The van der Waals surface area contributed by atoms with E-state index >= 15 is 0 Å². The number of anilines is 3. The maximum atomic E-state index is 6.32. The van der Waals surface area contributed by atoms with Crippen LogP contribution in [0.2, 0.25) is 0 Å². The summed E-state index contributed by atoms with van der Waals surface area (Å²) in [5, 5.41) is 2.29. The van der Waals surface area contributed by atoms with E-state index in [9.17, 15) is 0 Å². The quantitative estimate of drug-likeness (QED) is 0.176. The van der Waals surface area contributed by atoms with Crippen LogP contribution in [0.15, 0.2) is 180 Å². The van der Waals surface area contributed by atoms with Crippen LogP contribution >= 0.6 is 0 Å². The van der Waals surface area contributed by atoms with Crippen LogP contribution in [0.3, 0.4) is 0 Å². The zero-order valence-corrected chi connectivity index (χ0v) is 32.1. The number of hydrogen-bond donors (Lipinski definition) is 0. The molecule has 268 valence electrons. The SMILES string of the molecule is CC1(C)c2ccccc2-c2ccc(N(c3ccc(-c4cccc5c4C(C)(C)c4ccccc4-5)cc3)c3cccc(-c4ccc5c(c4)oc4ccccc45)c3)cc21. The molecule has 11 rings (SSSR count). The Morgan fingerprint density at radius 3 is 1.75 bits per heavy atom. The Balaban J connectivity index is 1.04. The number of rotatable bonds is 5. The first-order valence-electron chi connectivity index (χ1n) is 19.7. The van der Waals surface area contributed by atoms with Gasteiger partial charge in [0.15, 0.2) is 0 Å². The number of para-hydroxylation sites is 1. The zero-order chi connectivity index (χ0) is 37.8. The minimum absolute atomic E-state index is 0.0894. The van der Waals surface area contributed by atoms with Crippen molar-refractivity contribution in [3.8, 4) is 44.5 Å². The maximum absolute atomic E-state index is 6.32.